The molecule has 2 aromatic rings. The molecule has 2 heterocycles. The van der Waals surface area contributed by atoms with E-state index in [-0.39, 0.29) is 11.8 Å². The number of imidazole rings is 1. The number of carboxylic acids is 1. The average molecular weight is 308 g/mol. The Morgan fingerprint density at radius 3 is 2.76 bits per heavy atom. The van der Waals surface area contributed by atoms with Gasteiger partial charge < -0.3 is 14.1 Å². The summed E-state index contributed by atoms with van der Waals surface area (Å²) in [5.41, 5.74) is 2.20. The maximum atomic E-state index is 10.8. The molecule has 1 N–H and O–H groups in total. The van der Waals surface area contributed by atoms with Gasteiger partial charge in [0.1, 0.15) is 11.5 Å². The van der Waals surface area contributed by atoms with Crippen LogP contribution in [0.1, 0.15) is 42.7 Å². The van der Waals surface area contributed by atoms with Crippen molar-refractivity contribution in [1.82, 2.24) is 9.55 Å². The first-order chi connectivity index (χ1) is 9.93. The fourth-order valence-electron chi connectivity index (χ4n) is 2.49. The van der Waals surface area contributed by atoms with Crippen LogP contribution in [-0.4, -0.2) is 26.4 Å². The van der Waals surface area contributed by atoms with E-state index in [1.165, 1.54) is 11.8 Å². The summed E-state index contributed by atoms with van der Waals surface area (Å²) < 4.78 is 7.71. The average Bonchev–Trinajstić information content (AvgIpc) is 2.98. The molecule has 0 aliphatic rings. The van der Waals surface area contributed by atoms with Crippen LogP contribution in [0.5, 0.6) is 0 Å². The summed E-state index contributed by atoms with van der Waals surface area (Å²) >= 11 is 1.25. The van der Waals surface area contributed by atoms with E-state index >= 15 is 0 Å². The van der Waals surface area contributed by atoms with E-state index in [1.54, 1.807) is 0 Å². The molecule has 5 nitrogen and oxygen atoms in total. The molecule has 0 saturated heterocycles. The molecule has 0 amide bonds. The minimum Gasteiger partial charge on any atom is -0.481 e. The van der Waals surface area contributed by atoms with Crippen molar-refractivity contribution in [1.29, 1.82) is 0 Å². The van der Waals surface area contributed by atoms with Crippen LogP contribution >= 0.6 is 11.8 Å². The highest BCUT2D eigenvalue weighted by Crippen LogP contribution is 2.30. The highest BCUT2D eigenvalue weighted by atomic mass is 32.2. The second kappa shape index (κ2) is 6.39. The first kappa shape index (κ1) is 15.7. The van der Waals surface area contributed by atoms with Crippen LogP contribution in [0.2, 0.25) is 0 Å². The standard InChI is InChI=1S/C15H20N2O3S/c1-5-12-7-16-15(21-8-14(18)19)17(12)10(3)13-6-9(2)20-11(13)4/h6-7,10H,5,8H2,1-4H3,(H,18,19). The maximum Gasteiger partial charge on any atom is 0.313 e. The number of furan rings is 1. The predicted molar refractivity (Wildman–Crippen MR) is 82.0 cm³/mol. The van der Waals surface area contributed by atoms with Crippen LogP contribution in [0, 0.1) is 13.8 Å². The topological polar surface area (TPSA) is 68.3 Å². The van der Waals surface area contributed by atoms with Crippen molar-refractivity contribution < 1.29 is 14.3 Å². The molecule has 0 bridgehead atoms. The van der Waals surface area contributed by atoms with Gasteiger partial charge in [0.25, 0.3) is 0 Å². The number of nitrogens with zero attached hydrogens (tertiary/aromatic N) is 2. The van der Waals surface area contributed by atoms with Gasteiger partial charge >= 0.3 is 5.97 Å². The summed E-state index contributed by atoms with van der Waals surface area (Å²) in [7, 11) is 0. The number of thioether (sulfide) groups is 1. The van der Waals surface area contributed by atoms with Crippen molar-refractivity contribution in [3.8, 4) is 0 Å². The summed E-state index contributed by atoms with van der Waals surface area (Å²) in [5, 5.41) is 9.60. The quantitative estimate of drug-likeness (QED) is 0.828. The van der Waals surface area contributed by atoms with Crippen LogP contribution in [0.4, 0.5) is 0 Å². The van der Waals surface area contributed by atoms with Crippen LogP contribution in [0.25, 0.3) is 0 Å². The Kier molecular flexibility index (Phi) is 4.77. The predicted octanol–water partition coefficient (Wildman–Crippen LogP) is 3.44. The first-order valence-electron chi connectivity index (χ1n) is 6.91. The Morgan fingerprint density at radius 2 is 2.24 bits per heavy atom. The van der Waals surface area contributed by atoms with Crippen LogP contribution in [0.15, 0.2) is 21.8 Å². The molecule has 0 aliphatic carbocycles. The normalized spacial score (nSPS) is 12.6. The van der Waals surface area contributed by atoms with Gasteiger partial charge in [-0.25, -0.2) is 4.98 Å². The van der Waals surface area contributed by atoms with Crippen molar-refractivity contribution >= 4 is 17.7 Å². The lowest BCUT2D eigenvalue weighted by Crippen LogP contribution is -2.12. The molecule has 2 rings (SSSR count). The number of carbonyl (C=O) groups is 1. The Balaban J connectivity index is 2.38. The third kappa shape index (κ3) is 3.32. The van der Waals surface area contributed by atoms with Crippen molar-refractivity contribution in [3.05, 3.63) is 35.0 Å². The summed E-state index contributed by atoms with van der Waals surface area (Å²) in [6.45, 7) is 8.03. The Morgan fingerprint density at radius 1 is 1.52 bits per heavy atom. The molecular weight excluding hydrogens is 288 g/mol. The second-order valence-corrected chi connectivity index (χ2v) is 5.93. The molecule has 0 saturated carbocycles. The molecule has 0 aromatic carbocycles. The van der Waals surface area contributed by atoms with E-state index in [2.05, 4.69) is 23.4 Å². The monoisotopic (exact) mass is 308 g/mol. The molecule has 114 valence electrons. The van der Waals surface area contributed by atoms with Crippen LogP contribution in [-0.2, 0) is 11.2 Å². The molecule has 0 radical (unpaired) electrons. The van der Waals surface area contributed by atoms with Crippen molar-refractivity contribution in [3.63, 3.8) is 0 Å². The third-order valence-corrected chi connectivity index (χ3v) is 4.39. The molecule has 2 aromatic heterocycles. The van der Waals surface area contributed by atoms with E-state index in [9.17, 15) is 4.79 Å². The van der Waals surface area contributed by atoms with Gasteiger partial charge in [0, 0.05) is 17.5 Å². The number of rotatable bonds is 6. The zero-order chi connectivity index (χ0) is 15.6. The van der Waals surface area contributed by atoms with Gasteiger partial charge in [0.05, 0.1) is 11.8 Å². The lowest BCUT2D eigenvalue weighted by molar-refractivity contribution is -0.133. The molecule has 0 fully saturated rings. The molecule has 1 unspecified atom stereocenters. The highest BCUT2D eigenvalue weighted by molar-refractivity contribution is 7.99. The van der Waals surface area contributed by atoms with Crippen molar-refractivity contribution in [2.45, 2.75) is 45.3 Å². The summed E-state index contributed by atoms with van der Waals surface area (Å²) in [6.07, 6.45) is 2.67. The van der Waals surface area contributed by atoms with Gasteiger partial charge in [-0.15, -0.1) is 0 Å². The van der Waals surface area contributed by atoms with E-state index < -0.39 is 5.97 Å². The number of aromatic nitrogens is 2. The Hall–Kier alpha value is -1.69. The van der Waals surface area contributed by atoms with Gasteiger partial charge in [0.2, 0.25) is 0 Å². The highest BCUT2D eigenvalue weighted by Gasteiger charge is 2.20. The van der Waals surface area contributed by atoms with Crippen LogP contribution < -0.4 is 0 Å². The molecular formula is C15H20N2O3S. The van der Waals surface area contributed by atoms with E-state index in [0.29, 0.717) is 0 Å². The second-order valence-electron chi connectivity index (χ2n) is 4.98. The van der Waals surface area contributed by atoms with Crippen molar-refractivity contribution in [2.24, 2.45) is 0 Å². The molecule has 1 atom stereocenters. The van der Waals surface area contributed by atoms with E-state index in [1.807, 2.05) is 26.1 Å². The lowest BCUT2D eigenvalue weighted by Gasteiger charge is -2.18. The van der Waals surface area contributed by atoms with E-state index in [0.717, 1.165) is 34.4 Å². The number of hydrogen-bond donors (Lipinski definition) is 1. The molecule has 0 aliphatic heterocycles. The third-order valence-electron chi connectivity index (χ3n) is 3.44. The fourth-order valence-corrected chi connectivity index (χ4v) is 3.28. The number of hydrogen-bond acceptors (Lipinski definition) is 4. The summed E-state index contributed by atoms with van der Waals surface area (Å²) in [6, 6.07) is 2.10. The van der Waals surface area contributed by atoms with Gasteiger partial charge in [-0.3, -0.25) is 4.79 Å². The Bertz CT molecular complexity index is 645. The largest absolute Gasteiger partial charge is 0.481 e. The number of aliphatic carboxylic acids is 1. The van der Waals surface area contributed by atoms with Gasteiger partial charge in [0.15, 0.2) is 5.16 Å². The molecule has 6 heteroatoms. The SMILES string of the molecule is CCc1cnc(SCC(=O)O)n1C(C)c1cc(C)oc1C. The van der Waals surface area contributed by atoms with Crippen molar-refractivity contribution in [2.75, 3.05) is 5.75 Å². The molecule has 21 heavy (non-hydrogen) atoms. The molecule has 0 spiro atoms. The smallest absolute Gasteiger partial charge is 0.313 e. The first-order valence-corrected chi connectivity index (χ1v) is 7.90. The van der Waals surface area contributed by atoms with E-state index in [4.69, 9.17) is 9.52 Å². The Labute approximate surface area is 128 Å². The van der Waals surface area contributed by atoms with Gasteiger partial charge in [-0.05, 0) is 33.3 Å². The maximum absolute atomic E-state index is 10.8. The van der Waals surface area contributed by atoms with Gasteiger partial charge in [-0.1, -0.05) is 18.7 Å². The minimum atomic E-state index is -0.837. The summed E-state index contributed by atoms with van der Waals surface area (Å²) in [5.74, 6) is 0.948. The zero-order valence-electron chi connectivity index (χ0n) is 12.7. The zero-order valence-corrected chi connectivity index (χ0v) is 13.5. The van der Waals surface area contributed by atoms with Gasteiger partial charge in [-0.2, -0.15) is 0 Å². The number of carboxylic acid groups (broad SMARTS) is 1. The number of aryl methyl sites for hydroxylation is 3. The minimum absolute atomic E-state index is 0.0102. The van der Waals surface area contributed by atoms with Crippen LogP contribution in [0.3, 0.4) is 0 Å². The fraction of sp³-hybridized carbons (Fsp3) is 0.467. The summed E-state index contributed by atoms with van der Waals surface area (Å²) in [4.78, 5) is 15.2. The lowest BCUT2D eigenvalue weighted by atomic mass is 10.1.